The van der Waals surface area contributed by atoms with E-state index in [2.05, 4.69) is 42.5 Å². The number of hydrogen-bond donors (Lipinski definition) is 2. The van der Waals surface area contributed by atoms with Crippen molar-refractivity contribution >= 4 is 43.9 Å². The molecule has 8 heteroatoms. The van der Waals surface area contributed by atoms with Crippen molar-refractivity contribution in [3.8, 4) is 5.75 Å². The number of allylic oxidation sites excluding steroid dienone is 1. The second kappa shape index (κ2) is 8.23. The number of urea groups is 1. The quantitative estimate of drug-likeness (QED) is 0.630. The summed E-state index contributed by atoms with van der Waals surface area (Å²) in [6.07, 6.45) is 0. The molecule has 1 unspecified atom stereocenters. The number of halogens is 2. The van der Waals surface area contributed by atoms with Gasteiger partial charge in [-0.1, -0.05) is 13.8 Å². The molecule has 136 valence electrons. The first-order valence-electron chi connectivity index (χ1n) is 7.81. The average Bonchev–Trinajstić information content (AvgIpc) is 2.56. The molecule has 0 fully saturated rings. The van der Waals surface area contributed by atoms with Crippen LogP contribution in [0.2, 0.25) is 0 Å². The second-order valence-electron chi connectivity index (χ2n) is 5.75. The molecule has 0 bridgehead atoms. The highest BCUT2D eigenvalue weighted by Crippen LogP contribution is 2.39. The fraction of sp³-hybridized carbons (Fsp3) is 0.412. The first-order chi connectivity index (χ1) is 11.8. The van der Waals surface area contributed by atoms with E-state index in [0.29, 0.717) is 23.6 Å². The summed E-state index contributed by atoms with van der Waals surface area (Å²) < 4.78 is 12.0. The molecular formula is C17H20Br2N2O4. The van der Waals surface area contributed by atoms with E-state index in [1.54, 1.807) is 0 Å². The van der Waals surface area contributed by atoms with Gasteiger partial charge in [-0.25, -0.2) is 9.59 Å². The van der Waals surface area contributed by atoms with Crippen LogP contribution >= 0.6 is 31.9 Å². The molecule has 25 heavy (non-hydrogen) atoms. The van der Waals surface area contributed by atoms with Crippen LogP contribution in [0.4, 0.5) is 4.79 Å². The van der Waals surface area contributed by atoms with Crippen molar-refractivity contribution in [1.29, 1.82) is 0 Å². The zero-order valence-corrected chi connectivity index (χ0v) is 17.6. The number of carbonyl (C=O) groups excluding carboxylic acids is 2. The molecule has 1 aliphatic rings. The van der Waals surface area contributed by atoms with E-state index in [1.807, 2.05) is 32.9 Å². The lowest BCUT2D eigenvalue weighted by Crippen LogP contribution is -2.47. The Morgan fingerprint density at radius 1 is 1.28 bits per heavy atom. The normalized spacial score (nSPS) is 17.2. The fourth-order valence-corrected chi connectivity index (χ4v) is 4.11. The van der Waals surface area contributed by atoms with Crippen LogP contribution in [0.5, 0.6) is 5.75 Å². The molecule has 2 N–H and O–H groups in total. The van der Waals surface area contributed by atoms with E-state index in [9.17, 15) is 9.59 Å². The van der Waals surface area contributed by atoms with Gasteiger partial charge in [0.25, 0.3) is 0 Å². The Morgan fingerprint density at radius 3 is 2.36 bits per heavy atom. The average molecular weight is 476 g/mol. The van der Waals surface area contributed by atoms with Gasteiger partial charge in [0.2, 0.25) is 0 Å². The minimum Gasteiger partial charge on any atom is -0.492 e. The summed E-state index contributed by atoms with van der Waals surface area (Å²) >= 11 is 6.97. The molecule has 0 spiro atoms. The summed E-state index contributed by atoms with van der Waals surface area (Å²) in [5.74, 6) is 0.138. The van der Waals surface area contributed by atoms with Crippen molar-refractivity contribution in [2.75, 3.05) is 13.7 Å². The number of methoxy groups -OCH3 is 1. The van der Waals surface area contributed by atoms with Crippen molar-refractivity contribution < 1.29 is 19.1 Å². The van der Waals surface area contributed by atoms with Gasteiger partial charge in [0.05, 0.1) is 34.3 Å². The van der Waals surface area contributed by atoms with Crippen LogP contribution in [0, 0.1) is 5.92 Å². The predicted octanol–water partition coefficient (Wildman–Crippen LogP) is 4.05. The Morgan fingerprint density at radius 2 is 1.88 bits per heavy atom. The number of benzene rings is 1. The highest BCUT2D eigenvalue weighted by molar-refractivity contribution is 9.11. The Hall–Kier alpha value is -1.54. The SMILES string of the molecule is CCOc1c(Br)cc(C2NC(=O)NC(C(C)C)=C2C(=O)OC)cc1Br. The molecule has 1 aromatic carbocycles. The molecule has 0 aromatic heterocycles. The van der Waals surface area contributed by atoms with Crippen molar-refractivity contribution in [3.05, 3.63) is 37.9 Å². The fourth-order valence-electron chi connectivity index (χ4n) is 2.66. The van der Waals surface area contributed by atoms with Crippen LogP contribution in [0.1, 0.15) is 32.4 Å². The van der Waals surface area contributed by atoms with Crippen molar-refractivity contribution in [1.82, 2.24) is 10.6 Å². The smallest absolute Gasteiger partial charge is 0.337 e. The van der Waals surface area contributed by atoms with Gasteiger partial charge in [0, 0.05) is 5.70 Å². The van der Waals surface area contributed by atoms with Gasteiger partial charge < -0.3 is 20.1 Å². The lowest BCUT2D eigenvalue weighted by molar-refractivity contribution is -0.136. The molecule has 1 aromatic rings. The van der Waals surface area contributed by atoms with Gasteiger partial charge in [-0.2, -0.15) is 0 Å². The van der Waals surface area contributed by atoms with Crippen LogP contribution in [0.15, 0.2) is 32.3 Å². The molecule has 0 saturated carbocycles. The number of esters is 1. The molecule has 1 aliphatic heterocycles. The highest BCUT2D eigenvalue weighted by Gasteiger charge is 2.35. The third kappa shape index (κ3) is 4.17. The summed E-state index contributed by atoms with van der Waals surface area (Å²) in [5, 5.41) is 5.52. The van der Waals surface area contributed by atoms with Crippen LogP contribution in [0.25, 0.3) is 0 Å². The first kappa shape index (κ1) is 19.8. The third-order valence-electron chi connectivity index (χ3n) is 3.73. The molecule has 2 rings (SSSR count). The zero-order valence-electron chi connectivity index (χ0n) is 14.4. The molecule has 6 nitrogen and oxygen atoms in total. The predicted molar refractivity (Wildman–Crippen MR) is 101 cm³/mol. The highest BCUT2D eigenvalue weighted by atomic mass is 79.9. The van der Waals surface area contributed by atoms with E-state index < -0.39 is 12.0 Å². The molecular weight excluding hydrogens is 456 g/mol. The maximum atomic E-state index is 12.4. The summed E-state index contributed by atoms with van der Waals surface area (Å²) in [6.45, 7) is 6.23. The topological polar surface area (TPSA) is 76.7 Å². The Bertz CT molecular complexity index is 708. The number of nitrogens with one attached hydrogen (secondary N) is 2. The Labute approximate surface area is 163 Å². The minimum atomic E-state index is -0.623. The van der Waals surface area contributed by atoms with Crippen molar-refractivity contribution in [3.63, 3.8) is 0 Å². The number of amides is 2. The maximum Gasteiger partial charge on any atom is 0.337 e. The molecule has 0 aliphatic carbocycles. The van der Waals surface area contributed by atoms with E-state index in [-0.39, 0.29) is 11.9 Å². The van der Waals surface area contributed by atoms with Crippen LogP contribution < -0.4 is 15.4 Å². The number of carbonyl (C=O) groups is 2. The van der Waals surface area contributed by atoms with Crippen LogP contribution in [-0.4, -0.2) is 25.7 Å². The minimum absolute atomic E-state index is 0.0442. The van der Waals surface area contributed by atoms with Crippen LogP contribution in [-0.2, 0) is 9.53 Å². The monoisotopic (exact) mass is 474 g/mol. The van der Waals surface area contributed by atoms with Gasteiger partial charge >= 0.3 is 12.0 Å². The van der Waals surface area contributed by atoms with Gasteiger partial charge in [-0.3, -0.25) is 0 Å². The maximum absolute atomic E-state index is 12.4. The molecule has 1 heterocycles. The van der Waals surface area contributed by atoms with E-state index in [0.717, 1.165) is 14.5 Å². The van der Waals surface area contributed by atoms with E-state index >= 15 is 0 Å². The number of ether oxygens (including phenoxy) is 2. The van der Waals surface area contributed by atoms with E-state index in [4.69, 9.17) is 9.47 Å². The Balaban J connectivity index is 2.60. The number of rotatable bonds is 5. The van der Waals surface area contributed by atoms with Crippen LogP contribution in [0.3, 0.4) is 0 Å². The largest absolute Gasteiger partial charge is 0.492 e. The van der Waals surface area contributed by atoms with Gasteiger partial charge in [0.15, 0.2) is 0 Å². The summed E-state index contributed by atoms with van der Waals surface area (Å²) in [7, 11) is 1.32. The third-order valence-corrected chi connectivity index (χ3v) is 4.91. The molecule has 0 radical (unpaired) electrons. The Kier molecular flexibility index (Phi) is 6.51. The molecule has 2 amide bonds. The zero-order chi connectivity index (χ0) is 18.7. The second-order valence-corrected chi connectivity index (χ2v) is 7.46. The summed E-state index contributed by atoms with van der Waals surface area (Å²) in [4.78, 5) is 24.5. The summed E-state index contributed by atoms with van der Waals surface area (Å²) in [5.41, 5.74) is 1.68. The lowest BCUT2D eigenvalue weighted by Gasteiger charge is -2.31. The summed E-state index contributed by atoms with van der Waals surface area (Å²) in [6, 6.07) is 2.67. The molecule has 1 atom stereocenters. The van der Waals surface area contributed by atoms with Gasteiger partial charge in [0.1, 0.15) is 5.75 Å². The first-order valence-corrected chi connectivity index (χ1v) is 9.40. The van der Waals surface area contributed by atoms with Crippen molar-refractivity contribution in [2.45, 2.75) is 26.8 Å². The van der Waals surface area contributed by atoms with Gasteiger partial charge in [-0.05, 0) is 62.4 Å². The standard InChI is InChI=1S/C17H20Br2N2O4/c1-5-25-15-10(18)6-9(7-11(15)19)14-12(16(22)24-4)13(8(2)3)20-17(23)21-14/h6-8,14H,5H2,1-4H3,(H2,20,21,23). The lowest BCUT2D eigenvalue weighted by atomic mass is 9.91. The van der Waals surface area contributed by atoms with E-state index in [1.165, 1.54) is 7.11 Å². The number of hydrogen-bond acceptors (Lipinski definition) is 4. The molecule has 0 saturated heterocycles. The van der Waals surface area contributed by atoms with Gasteiger partial charge in [-0.15, -0.1) is 0 Å². The van der Waals surface area contributed by atoms with Crippen molar-refractivity contribution in [2.24, 2.45) is 5.92 Å².